The van der Waals surface area contributed by atoms with Crippen LogP contribution in [0.2, 0.25) is 0 Å². The summed E-state index contributed by atoms with van der Waals surface area (Å²) in [4.78, 5) is 32.9. The number of hydrogen-bond donors (Lipinski definition) is 0. The van der Waals surface area contributed by atoms with Crippen molar-refractivity contribution in [2.75, 3.05) is 11.4 Å². The number of aromatic nitrogens is 1. The van der Waals surface area contributed by atoms with Crippen LogP contribution >= 0.6 is 0 Å². The molecule has 2 aliphatic rings. The Bertz CT molecular complexity index is 840. The van der Waals surface area contributed by atoms with Crippen molar-refractivity contribution in [3.63, 3.8) is 0 Å². The van der Waals surface area contributed by atoms with Gasteiger partial charge in [-0.2, -0.15) is 0 Å². The summed E-state index contributed by atoms with van der Waals surface area (Å²) in [5.41, 5.74) is 1.60. The van der Waals surface area contributed by atoms with Gasteiger partial charge in [0.2, 0.25) is 5.91 Å². The highest BCUT2D eigenvalue weighted by Crippen LogP contribution is 2.36. The molecule has 2 aliphatic heterocycles. The van der Waals surface area contributed by atoms with E-state index in [9.17, 15) is 14.0 Å². The Labute approximate surface area is 145 Å². The van der Waals surface area contributed by atoms with E-state index in [1.807, 2.05) is 6.07 Å². The summed E-state index contributed by atoms with van der Waals surface area (Å²) >= 11 is 0. The Kier molecular flexibility index (Phi) is 3.75. The first-order valence-corrected chi connectivity index (χ1v) is 8.35. The summed E-state index contributed by atoms with van der Waals surface area (Å²) in [6.45, 7) is 2.23. The van der Waals surface area contributed by atoms with E-state index < -0.39 is 0 Å². The molecule has 0 saturated carbocycles. The fraction of sp³-hybridized carbons (Fsp3) is 0.316. The maximum absolute atomic E-state index is 13.8. The average molecular weight is 339 g/mol. The Balaban J connectivity index is 1.60. The first-order valence-electron chi connectivity index (χ1n) is 8.35. The normalized spacial score (nSPS) is 22.4. The van der Waals surface area contributed by atoms with E-state index in [0.717, 1.165) is 5.69 Å². The third-order valence-electron chi connectivity index (χ3n) is 5.10. The lowest BCUT2D eigenvalue weighted by molar-refractivity contribution is -0.117. The number of fused-ring (bicyclic) bond motifs is 1. The molecular weight excluding hydrogens is 321 g/mol. The van der Waals surface area contributed by atoms with Gasteiger partial charge in [0, 0.05) is 24.7 Å². The molecule has 5 nitrogen and oxygen atoms in total. The van der Waals surface area contributed by atoms with Gasteiger partial charge >= 0.3 is 0 Å². The predicted molar refractivity (Wildman–Crippen MR) is 90.7 cm³/mol. The molecule has 1 aromatic heterocycles. The maximum atomic E-state index is 13.8. The number of benzene rings is 1. The molecule has 0 aliphatic carbocycles. The molecule has 0 unspecified atom stereocenters. The molecule has 1 aromatic carbocycles. The van der Waals surface area contributed by atoms with Crippen LogP contribution in [0, 0.1) is 12.7 Å². The lowest BCUT2D eigenvalue weighted by atomic mass is 10.1. The molecular formula is C19H18FN3O2. The van der Waals surface area contributed by atoms with Gasteiger partial charge in [-0.3, -0.25) is 14.6 Å². The molecule has 2 amide bonds. The van der Waals surface area contributed by atoms with Crippen LogP contribution in [-0.4, -0.2) is 40.3 Å². The van der Waals surface area contributed by atoms with E-state index in [0.29, 0.717) is 30.5 Å². The molecule has 128 valence electrons. The van der Waals surface area contributed by atoms with Gasteiger partial charge in [-0.05, 0) is 43.2 Å². The fourth-order valence-electron chi connectivity index (χ4n) is 3.82. The Morgan fingerprint density at radius 3 is 2.84 bits per heavy atom. The largest absolute Gasteiger partial charge is 0.333 e. The third kappa shape index (κ3) is 2.58. The molecule has 2 saturated heterocycles. The van der Waals surface area contributed by atoms with Crippen LogP contribution in [0.25, 0.3) is 0 Å². The molecule has 2 aromatic rings. The summed E-state index contributed by atoms with van der Waals surface area (Å²) in [6.07, 6.45) is 4.34. The van der Waals surface area contributed by atoms with E-state index >= 15 is 0 Å². The first-order chi connectivity index (χ1) is 12.1. The van der Waals surface area contributed by atoms with E-state index in [2.05, 4.69) is 4.98 Å². The number of anilines is 1. The number of halogens is 1. The quantitative estimate of drug-likeness (QED) is 0.845. The third-order valence-corrected chi connectivity index (χ3v) is 5.10. The van der Waals surface area contributed by atoms with E-state index in [4.69, 9.17) is 0 Å². The van der Waals surface area contributed by atoms with Crippen LogP contribution in [0.3, 0.4) is 0 Å². The Morgan fingerprint density at radius 1 is 1.28 bits per heavy atom. The lowest BCUT2D eigenvalue weighted by Gasteiger charge is -2.25. The second-order valence-electron chi connectivity index (χ2n) is 6.56. The molecule has 0 radical (unpaired) electrons. The molecule has 0 bridgehead atoms. The van der Waals surface area contributed by atoms with Crippen molar-refractivity contribution in [3.8, 4) is 0 Å². The topological polar surface area (TPSA) is 53.5 Å². The summed E-state index contributed by atoms with van der Waals surface area (Å²) < 4.78 is 13.8. The minimum atomic E-state index is -0.388. The maximum Gasteiger partial charge on any atom is 0.254 e. The van der Waals surface area contributed by atoms with Crippen LogP contribution in [-0.2, 0) is 4.79 Å². The SMILES string of the molecule is Cc1ccc(C(=O)N2CC[C@@H]3[C@@H]2CC(=O)N3c2cccnc2)cc1F. The minimum absolute atomic E-state index is 0.00409. The zero-order valence-corrected chi connectivity index (χ0v) is 13.9. The number of nitrogens with zero attached hydrogens (tertiary/aromatic N) is 3. The highest BCUT2D eigenvalue weighted by molar-refractivity contribution is 6.00. The predicted octanol–water partition coefficient (Wildman–Crippen LogP) is 2.55. The zero-order chi connectivity index (χ0) is 17.6. The van der Waals surface area contributed by atoms with Gasteiger partial charge in [-0.1, -0.05) is 6.07 Å². The van der Waals surface area contributed by atoms with Gasteiger partial charge in [0.15, 0.2) is 0 Å². The lowest BCUT2D eigenvalue weighted by Crippen LogP contribution is -2.40. The van der Waals surface area contributed by atoms with Gasteiger partial charge in [-0.15, -0.1) is 0 Å². The van der Waals surface area contributed by atoms with E-state index in [-0.39, 0.29) is 29.7 Å². The number of rotatable bonds is 2. The monoisotopic (exact) mass is 339 g/mol. The van der Waals surface area contributed by atoms with Crippen molar-refractivity contribution in [2.45, 2.75) is 31.8 Å². The van der Waals surface area contributed by atoms with Crippen molar-refractivity contribution in [3.05, 3.63) is 59.7 Å². The number of aryl methyl sites for hydroxylation is 1. The fourth-order valence-corrected chi connectivity index (χ4v) is 3.82. The molecule has 0 N–H and O–H groups in total. The minimum Gasteiger partial charge on any atom is -0.333 e. The summed E-state index contributed by atoms with van der Waals surface area (Å²) in [7, 11) is 0. The molecule has 25 heavy (non-hydrogen) atoms. The van der Waals surface area contributed by atoms with E-state index in [1.54, 1.807) is 47.3 Å². The number of pyridine rings is 1. The number of amides is 2. The van der Waals surface area contributed by atoms with Gasteiger partial charge < -0.3 is 9.80 Å². The summed E-state index contributed by atoms with van der Waals surface area (Å²) in [6, 6.07) is 7.96. The van der Waals surface area contributed by atoms with Crippen LogP contribution in [0.4, 0.5) is 10.1 Å². The van der Waals surface area contributed by atoms with Crippen molar-refractivity contribution in [2.24, 2.45) is 0 Å². The molecule has 0 spiro atoms. The van der Waals surface area contributed by atoms with Crippen molar-refractivity contribution in [1.82, 2.24) is 9.88 Å². The second-order valence-corrected chi connectivity index (χ2v) is 6.56. The number of likely N-dealkylation sites (tertiary alicyclic amines) is 1. The van der Waals surface area contributed by atoms with Crippen LogP contribution in [0.5, 0.6) is 0 Å². The zero-order valence-electron chi connectivity index (χ0n) is 13.9. The first kappa shape index (κ1) is 15.7. The van der Waals surface area contributed by atoms with E-state index in [1.165, 1.54) is 6.07 Å². The Morgan fingerprint density at radius 2 is 2.12 bits per heavy atom. The number of carbonyl (C=O) groups is 2. The van der Waals surface area contributed by atoms with Crippen LogP contribution in [0.1, 0.15) is 28.8 Å². The smallest absolute Gasteiger partial charge is 0.254 e. The second kappa shape index (κ2) is 5.95. The molecule has 3 heterocycles. The van der Waals surface area contributed by atoms with Crippen LogP contribution in [0.15, 0.2) is 42.7 Å². The van der Waals surface area contributed by atoms with Gasteiger partial charge in [-0.25, -0.2) is 4.39 Å². The highest BCUT2D eigenvalue weighted by Gasteiger charge is 2.49. The van der Waals surface area contributed by atoms with Crippen molar-refractivity contribution < 1.29 is 14.0 Å². The Hall–Kier alpha value is -2.76. The molecule has 6 heteroatoms. The molecule has 2 fully saturated rings. The van der Waals surface area contributed by atoms with Crippen LogP contribution < -0.4 is 4.90 Å². The average Bonchev–Trinajstić information content (AvgIpc) is 3.15. The molecule has 2 atom stereocenters. The number of carbonyl (C=O) groups excluding carboxylic acids is 2. The van der Waals surface area contributed by atoms with Gasteiger partial charge in [0.1, 0.15) is 5.82 Å². The van der Waals surface area contributed by atoms with Gasteiger partial charge in [0.05, 0.1) is 24.0 Å². The summed E-state index contributed by atoms with van der Waals surface area (Å²) in [5.74, 6) is -0.607. The summed E-state index contributed by atoms with van der Waals surface area (Å²) in [5, 5.41) is 0. The molecule has 4 rings (SSSR count). The highest BCUT2D eigenvalue weighted by atomic mass is 19.1. The standard InChI is InChI=1S/C19H18FN3O2/c1-12-4-5-13(9-15(12)20)19(25)22-8-6-16-17(22)10-18(24)23(16)14-3-2-7-21-11-14/h2-5,7,9,11,16-17H,6,8,10H2,1H3/t16-,17+/m1/s1. The van der Waals surface area contributed by atoms with Crippen molar-refractivity contribution in [1.29, 1.82) is 0 Å². The number of hydrogen-bond acceptors (Lipinski definition) is 3. The van der Waals surface area contributed by atoms with Gasteiger partial charge in [0.25, 0.3) is 5.91 Å². The van der Waals surface area contributed by atoms with Crippen molar-refractivity contribution >= 4 is 17.5 Å².